The van der Waals surface area contributed by atoms with Gasteiger partial charge in [-0.1, -0.05) is 23.9 Å². The van der Waals surface area contributed by atoms with Crippen LogP contribution >= 0.6 is 11.8 Å². The van der Waals surface area contributed by atoms with Gasteiger partial charge in [-0.15, -0.1) is 0 Å². The van der Waals surface area contributed by atoms with E-state index in [0.29, 0.717) is 10.9 Å². The summed E-state index contributed by atoms with van der Waals surface area (Å²) in [5.41, 5.74) is 3.94. The van der Waals surface area contributed by atoms with Gasteiger partial charge in [-0.2, -0.15) is 0 Å². The first kappa shape index (κ1) is 20.5. The summed E-state index contributed by atoms with van der Waals surface area (Å²) >= 11 is 1.38. The van der Waals surface area contributed by atoms with Crippen LogP contribution in [0.5, 0.6) is 0 Å². The number of aryl methyl sites for hydroxylation is 2. The van der Waals surface area contributed by atoms with Crippen LogP contribution in [-0.2, 0) is 4.79 Å². The Morgan fingerprint density at radius 3 is 2.57 bits per heavy atom. The molecule has 1 aliphatic rings. The number of hydrogen-bond acceptors (Lipinski definition) is 6. The summed E-state index contributed by atoms with van der Waals surface area (Å²) in [6.07, 6.45) is 1.78. The third-order valence-corrected chi connectivity index (χ3v) is 5.57. The predicted octanol–water partition coefficient (Wildman–Crippen LogP) is 3.04. The Bertz CT molecular complexity index is 818. The number of carbonyl (C=O) groups is 1. The summed E-state index contributed by atoms with van der Waals surface area (Å²) in [4.78, 5) is 25.5. The molecule has 0 unspecified atom stereocenters. The molecule has 150 valence electrons. The molecular formula is C21H29N5OS. The Balaban J connectivity index is 1.58. The van der Waals surface area contributed by atoms with Gasteiger partial charge in [-0.05, 0) is 51.0 Å². The van der Waals surface area contributed by atoms with Gasteiger partial charge in [0.25, 0.3) is 0 Å². The van der Waals surface area contributed by atoms with Gasteiger partial charge in [0.15, 0.2) is 5.16 Å². The standard InChI is InChI=1S/C21H29N5OS/c1-15(2)23-20(27)14-28-21-22-8-7-19(24-21)26-11-9-25(10-12-26)18-13-16(3)5-6-17(18)4/h5-8,13,15H,9-12,14H2,1-4H3,(H,23,27). The van der Waals surface area contributed by atoms with Crippen LogP contribution in [0.15, 0.2) is 35.6 Å². The molecule has 1 fully saturated rings. The fraction of sp³-hybridized carbons (Fsp3) is 0.476. The van der Waals surface area contributed by atoms with E-state index in [1.165, 1.54) is 28.6 Å². The van der Waals surface area contributed by atoms with Crippen LogP contribution in [0.25, 0.3) is 0 Å². The molecule has 1 amide bonds. The molecule has 1 N–H and O–H groups in total. The van der Waals surface area contributed by atoms with Gasteiger partial charge in [-0.25, -0.2) is 9.97 Å². The smallest absolute Gasteiger partial charge is 0.230 e. The third kappa shape index (κ3) is 5.38. The molecule has 0 spiro atoms. The fourth-order valence-corrected chi connectivity index (χ4v) is 3.94. The van der Waals surface area contributed by atoms with Crippen molar-refractivity contribution in [2.45, 2.75) is 38.9 Å². The van der Waals surface area contributed by atoms with Crippen molar-refractivity contribution >= 4 is 29.2 Å². The zero-order chi connectivity index (χ0) is 20.1. The highest BCUT2D eigenvalue weighted by atomic mass is 32.2. The van der Waals surface area contributed by atoms with Crippen LogP contribution in [0.2, 0.25) is 0 Å². The molecule has 7 heteroatoms. The first-order valence-corrected chi connectivity index (χ1v) is 10.7. The van der Waals surface area contributed by atoms with E-state index in [-0.39, 0.29) is 11.9 Å². The van der Waals surface area contributed by atoms with Gasteiger partial charge in [0.05, 0.1) is 5.75 Å². The number of amides is 1. The second-order valence-electron chi connectivity index (χ2n) is 7.47. The molecular weight excluding hydrogens is 370 g/mol. The van der Waals surface area contributed by atoms with Crippen molar-refractivity contribution in [2.75, 3.05) is 41.7 Å². The van der Waals surface area contributed by atoms with Gasteiger partial charge in [-0.3, -0.25) is 4.79 Å². The summed E-state index contributed by atoms with van der Waals surface area (Å²) in [6.45, 7) is 12.0. The molecule has 0 aliphatic carbocycles. The lowest BCUT2D eigenvalue weighted by Gasteiger charge is -2.37. The van der Waals surface area contributed by atoms with E-state index < -0.39 is 0 Å². The number of nitrogens with zero attached hydrogens (tertiary/aromatic N) is 4. The molecule has 0 radical (unpaired) electrons. The van der Waals surface area contributed by atoms with E-state index in [0.717, 1.165) is 32.0 Å². The molecule has 1 saturated heterocycles. The van der Waals surface area contributed by atoms with Gasteiger partial charge >= 0.3 is 0 Å². The number of aromatic nitrogens is 2. The predicted molar refractivity (Wildman–Crippen MR) is 116 cm³/mol. The molecule has 2 aromatic rings. The van der Waals surface area contributed by atoms with E-state index in [1.807, 2.05) is 19.9 Å². The highest BCUT2D eigenvalue weighted by Crippen LogP contribution is 2.24. The fourth-order valence-electron chi connectivity index (χ4n) is 3.31. The van der Waals surface area contributed by atoms with Crippen molar-refractivity contribution in [3.63, 3.8) is 0 Å². The van der Waals surface area contributed by atoms with Crippen molar-refractivity contribution in [2.24, 2.45) is 0 Å². The third-order valence-electron chi connectivity index (χ3n) is 4.71. The highest BCUT2D eigenvalue weighted by molar-refractivity contribution is 7.99. The largest absolute Gasteiger partial charge is 0.368 e. The van der Waals surface area contributed by atoms with Gasteiger partial charge < -0.3 is 15.1 Å². The van der Waals surface area contributed by atoms with Crippen LogP contribution in [0.3, 0.4) is 0 Å². The minimum absolute atomic E-state index is 0.0103. The molecule has 6 nitrogen and oxygen atoms in total. The van der Waals surface area contributed by atoms with E-state index >= 15 is 0 Å². The molecule has 28 heavy (non-hydrogen) atoms. The maximum Gasteiger partial charge on any atom is 0.230 e. The average Bonchev–Trinajstić information content (AvgIpc) is 2.68. The molecule has 1 aromatic carbocycles. The normalized spacial score (nSPS) is 14.5. The van der Waals surface area contributed by atoms with E-state index in [9.17, 15) is 4.79 Å². The number of thioether (sulfide) groups is 1. The zero-order valence-corrected chi connectivity index (χ0v) is 17.9. The SMILES string of the molecule is Cc1ccc(C)c(N2CCN(c3ccnc(SCC(=O)NC(C)C)n3)CC2)c1. The number of carbonyl (C=O) groups excluding carboxylic acids is 1. The van der Waals surface area contributed by atoms with Gasteiger partial charge in [0.2, 0.25) is 5.91 Å². The summed E-state index contributed by atoms with van der Waals surface area (Å²) in [5.74, 6) is 1.28. The number of nitrogens with one attached hydrogen (secondary N) is 1. The lowest BCUT2D eigenvalue weighted by molar-refractivity contribution is -0.119. The summed E-state index contributed by atoms with van der Waals surface area (Å²) in [7, 11) is 0. The number of anilines is 2. The van der Waals surface area contributed by atoms with Crippen LogP contribution < -0.4 is 15.1 Å². The van der Waals surface area contributed by atoms with Crippen molar-refractivity contribution in [1.82, 2.24) is 15.3 Å². The molecule has 3 rings (SSSR count). The Morgan fingerprint density at radius 1 is 1.14 bits per heavy atom. The average molecular weight is 400 g/mol. The topological polar surface area (TPSA) is 61.4 Å². The van der Waals surface area contributed by atoms with Gasteiger partial charge in [0.1, 0.15) is 5.82 Å². The Kier molecular flexibility index (Phi) is 6.78. The van der Waals surface area contributed by atoms with Crippen molar-refractivity contribution in [3.05, 3.63) is 41.6 Å². The number of hydrogen-bond donors (Lipinski definition) is 1. The quantitative estimate of drug-likeness (QED) is 0.595. The Morgan fingerprint density at radius 2 is 1.86 bits per heavy atom. The van der Waals surface area contributed by atoms with Crippen LogP contribution in [0, 0.1) is 13.8 Å². The monoisotopic (exact) mass is 399 g/mol. The van der Waals surface area contributed by atoms with Gasteiger partial charge in [0, 0.05) is 44.1 Å². The molecule has 1 aromatic heterocycles. The van der Waals surface area contributed by atoms with Crippen molar-refractivity contribution in [1.29, 1.82) is 0 Å². The first-order chi connectivity index (χ1) is 13.4. The van der Waals surface area contributed by atoms with Crippen LogP contribution in [-0.4, -0.2) is 53.8 Å². The maximum absolute atomic E-state index is 11.8. The number of benzene rings is 1. The number of rotatable bonds is 6. The lowest BCUT2D eigenvalue weighted by Crippen LogP contribution is -2.47. The van der Waals surface area contributed by atoms with Crippen molar-refractivity contribution < 1.29 is 4.79 Å². The summed E-state index contributed by atoms with van der Waals surface area (Å²) in [5, 5.41) is 3.54. The van der Waals surface area contributed by atoms with Crippen molar-refractivity contribution in [3.8, 4) is 0 Å². The minimum atomic E-state index is 0.0103. The highest BCUT2D eigenvalue weighted by Gasteiger charge is 2.20. The molecule has 0 saturated carbocycles. The minimum Gasteiger partial charge on any atom is -0.368 e. The zero-order valence-electron chi connectivity index (χ0n) is 17.1. The van der Waals surface area contributed by atoms with Crippen LogP contribution in [0.1, 0.15) is 25.0 Å². The molecule has 2 heterocycles. The number of piperazine rings is 1. The van der Waals surface area contributed by atoms with E-state index in [1.54, 1.807) is 6.20 Å². The first-order valence-electron chi connectivity index (χ1n) is 9.75. The molecule has 0 bridgehead atoms. The maximum atomic E-state index is 11.8. The summed E-state index contributed by atoms with van der Waals surface area (Å²) in [6, 6.07) is 8.73. The Hall–Kier alpha value is -2.28. The van der Waals surface area contributed by atoms with E-state index in [4.69, 9.17) is 0 Å². The molecule has 0 atom stereocenters. The summed E-state index contributed by atoms with van der Waals surface area (Å²) < 4.78 is 0. The molecule has 1 aliphatic heterocycles. The second kappa shape index (κ2) is 9.28. The second-order valence-corrected chi connectivity index (χ2v) is 8.41. The van der Waals surface area contributed by atoms with Crippen LogP contribution in [0.4, 0.5) is 11.5 Å². The Labute approximate surface area is 171 Å². The van der Waals surface area contributed by atoms with E-state index in [2.05, 4.69) is 57.1 Å². The lowest BCUT2D eigenvalue weighted by atomic mass is 10.1.